The summed E-state index contributed by atoms with van der Waals surface area (Å²) in [5.41, 5.74) is 10.3. The highest BCUT2D eigenvalue weighted by atomic mass is 16.2. The summed E-state index contributed by atoms with van der Waals surface area (Å²) in [5.74, 6) is 21.1. The smallest absolute Gasteiger partial charge is 0.256 e. The number of anilines is 6. The van der Waals surface area contributed by atoms with E-state index >= 15 is 0 Å². The molecule has 372 valence electrons. The third-order valence-electron chi connectivity index (χ3n) is 10.8. The highest BCUT2D eigenvalue weighted by Gasteiger charge is 2.19. The van der Waals surface area contributed by atoms with Crippen molar-refractivity contribution in [3.63, 3.8) is 0 Å². The van der Waals surface area contributed by atoms with Crippen molar-refractivity contribution in [2.24, 2.45) is 0 Å². The first-order chi connectivity index (χ1) is 36.1. The van der Waals surface area contributed by atoms with Crippen molar-refractivity contribution >= 4 is 52.6 Å². The van der Waals surface area contributed by atoms with E-state index < -0.39 is 17.7 Å². The van der Waals surface area contributed by atoms with Crippen molar-refractivity contribution in [1.82, 2.24) is 29.9 Å². The molecule has 0 saturated carbocycles. The molecule has 0 saturated heterocycles. The maximum atomic E-state index is 13.2. The predicted molar refractivity (Wildman–Crippen MR) is 297 cm³/mol. The fourth-order valence-electron chi connectivity index (χ4n) is 7.43. The van der Waals surface area contributed by atoms with Crippen LogP contribution >= 0.6 is 0 Å². The Morgan fingerprint density at radius 3 is 0.827 bits per heavy atom. The lowest BCUT2D eigenvalue weighted by molar-refractivity contribution is 0.102. The van der Waals surface area contributed by atoms with Crippen molar-refractivity contribution in [2.45, 2.75) is 41.5 Å². The lowest BCUT2D eigenvalue weighted by Crippen LogP contribution is -2.20. The molecule has 0 fully saturated rings. The molecule has 0 unspecified atom stereocenters. The minimum Gasteiger partial charge on any atom is -0.373 e. The number of hydrogen-bond acceptors (Lipinski definition) is 12. The van der Waals surface area contributed by atoms with Gasteiger partial charge in [0.25, 0.3) is 17.7 Å². The van der Waals surface area contributed by atoms with Crippen LogP contribution in [-0.4, -0.2) is 68.8 Å². The van der Waals surface area contributed by atoms with Crippen LogP contribution in [-0.2, 0) is 0 Å². The SMILES string of the molecule is CNc1ccc(C#Cc2cc(C#Cc3ccc(NC)nc3)cc(C#Cc3ccc(NC)nc3)c2)cn1.Cc1cc(C)nc(NC(=O)c2cc(C(=O)Nc3cc(C)cc(C)n3)cc(C(=O)Nc3cc(C)cc(C)n3)c2)c1. The molecule has 6 N–H and O–H groups in total. The molecule has 2 aromatic carbocycles. The molecular weight excluding hydrogens is 937 g/mol. The van der Waals surface area contributed by atoms with Crippen LogP contribution in [0.3, 0.4) is 0 Å². The number of carbonyl (C=O) groups is 3. The second-order valence-corrected chi connectivity index (χ2v) is 17.3. The molecule has 15 heteroatoms. The predicted octanol–water partition coefficient (Wildman–Crippen LogP) is 9.68. The summed E-state index contributed by atoms with van der Waals surface area (Å²) in [6, 6.07) is 32.5. The largest absolute Gasteiger partial charge is 0.373 e. The molecule has 75 heavy (non-hydrogen) atoms. The molecule has 0 aliphatic carbocycles. The first-order valence-corrected chi connectivity index (χ1v) is 23.7. The first-order valence-electron chi connectivity index (χ1n) is 23.7. The number of aromatic nitrogens is 6. The van der Waals surface area contributed by atoms with Gasteiger partial charge in [0.15, 0.2) is 0 Å². The van der Waals surface area contributed by atoms with Gasteiger partial charge < -0.3 is 31.9 Å². The fourth-order valence-corrected chi connectivity index (χ4v) is 7.43. The molecule has 8 aromatic rings. The molecule has 0 aliphatic rings. The summed E-state index contributed by atoms with van der Waals surface area (Å²) < 4.78 is 0. The summed E-state index contributed by atoms with van der Waals surface area (Å²) in [5, 5.41) is 17.3. The molecule has 6 aromatic heterocycles. The van der Waals surface area contributed by atoms with Crippen LogP contribution in [0.5, 0.6) is 0 Å². The second kappa shape index (κ2) is 24.8. The highest BCUT2D eigenvalue weighted by Crippen LogP contribution is 2.19. The van der Waals surface area contributed by atoms with Crippen molar-refractivity contribution in [3.05, 3.63) is 212 Å². The van der Waals surface area contributed by atoms with E-state index in [1.54, 1.807) is 36.8 Å². The zero-order chi connectivity index (χ0) is 53.4. The van der Waals surface area contributed by atoms with Crippen molar-refractivity contribution in [3.8, 4) is 35.5 Å². The minimum absolute atomic E-state index is 0.121. The molecular formula is C60H54N12O3. The Kier molecular flexibility index (Phi) is 17.4. The van der Waals surface area contributed by atoms with Crippen molar-refractivity contribution < 1.29 is 14.4 Å². The van der Waals surface area contributed by atoms with Gasteiger partial charge in [-0.1, -0.05) is 35.5 Å². The Hall–Kier alpha value is -10.2. The summed E-state index contributed by atoms with van der Waals surface area (Å²) in [6.45, 7) is 11.2. The standard InChI is InChI=1S/C30H30N6O3.C30H24N6/c1-16-7-19(4)31-25(10-16)34-28(37)22-13-23(29(38)35-26-11-17(2)8-20(5)32-26)15-24(14-22)30(39)36-27-12-18(3)9-21(6)33-27;1-31-28-13-10-22(19-34-28)4-7-25-16-26(8-5-23-11-14-29(32-2)35-20-23)18-27(17-25)9-6-24-12-15-30(33-3)36-21-24/h7-15H,1-6H3,(H,31,34,37)(H,32,35,38)(H,33,36,39);10-21H,1-3H3,(H,31,34)(H,32,35)(H,33,36). The van der Waals surface area contributed by atoms with E-state index in [9.17, 15) is 14.4 Å². The van der Waals surface area contributed by atoms with Crippen molar-refractivity contribution in [2.75, 3.05) is 53.0 Å². The van der Waals surface area contributed by atoms with Gasteiger partial charge in [-0.25, -0.2) is 29.9 Å². The number of benzene rings is 2. The Bertz CT molecular complexity index is 3150. The van der Waals surface area contributed by atoms with Gasteiger partial charge in [-0.15, -0.1) is 0 Å². The third kappa shape index (κ3) is 15.7. The van der Waals surface area contributed by atoms with Crippen LogP contribution in [0.25, 0.3) is 0 Å². The van der Waals surface area contributed by atoms with Crippen LogP contribution in [0.4, 0.5) is 34.9 Å². The molecule has 6 heterocycles. The van der Waals surface area contributed by atoms with Crippen molar-refractivity contribution in [1.29, 1.82) is 0 Å². The lowest BCUT2D eigenvalue weighted by Gasteiger charge is -2.12. The Balaban J connectivity index is 0.000000219. The molecule has 0 aliphatic heterocycles. The zero-order valence-corrected chi connectivity index (χ0v) is 43.0. The average Bonchev–Trinajstić information content (AvgIpc) is 3.38. The van der Waals surface area contributed by atoms with Gasteiger partial charge in [-0.2, -0.15) is 0 Å². The van der Waals surface area contributed by atoms with Crippen LogP contribution in [0, 0.1) is 77.1 Å². The molecule has 0 radical (unpaired) electrons. The van der Waals surface area contributed by atoms with Crippen LogP contribution in [0.15, 0.2) is 128 Å². The minimum atomic E-state index is -0.509. The number of amides is 3. The maximum absolute atomic E-state index is 13.2. The summed E-state index contributed by atoms with van der Waals surface area (Å²) in [4.78, 5) is 65.7. The number of rotatable bonds is 9. The average molecular weight is 991 g/mol. The maximum Gasteiger partial charge on any atom is 0.256 e. The number of hydrogen-bond donors (Lipinski definition) is 6. The number of carbonyl (C=O) groups excluding carboxylic acids is 3. The Morgan fingerprint density at radius 2 is 0.600 bits per heavy atom. The van der Waals surface area contributed by atoms with E-state index in [0.717, 1.165) is 84.6 Å². The van der Waals surface area contributed by atoms with Crippen LogP contribution in [0.2, 0.25) is 0 Å². The zero-order valence-electron chi connectivity index (χ0n) is 43.0. The normalized spacial score (nSPS) is 10.0. The summed E-state index contributed by atoms with van der Waals surface area (Å²) in [7, 11) is 5.50. The number of pyridine rings is 6. The van der Waals surface area contributed by atoms with E-state index in [1.165, 1.54) is 18.2 Å². The Morgan fingerprint density at radius 1 is 0.333 bits per heavy atom. The third-order valence-corrected chi connectivity index (χ3v) is 10.8. The van der Waals surface area contributed by atoms with Gasteiger partial charge in [-0.05, 0) is 167 Å². The lowest BCUT2D eigenvalue weighted by atomic mass is 10.0. The number of nitrogens with zero attached hydrogens (tertiary/aromatic N) is 6. The molecule has 0 bridgehead atoms. The quantitative estimate of drug-likeness (QED) is 0.0750. The monoisotopic (exact) mass is 990 g/mol. The van der Waals surface area contributed by atoms with Gasteiger partial charge in [-0.3, -0.25) is 14.4 Å². The number of nitrogens with one attached hydrogen (secondary N) is 6. The topological polar surface area (TPSA) is 201 Å². The van der Waals surface area contributed by atoms with Gasteiger partial charge in [0.1, 0.15) is 34.9 Å². The molecule has 0 spiro atoms. The summed E-state index contributed by atoms with van der Waals surface area (Å²) in [6.07, 6.45) is 5.23. The van der Waals surface area contributed by atoms with Gasteiger partial charge in [0.05, 0.1) is 0 Å². The van der Waals surface area contributed by atoms with E-state index in [-0.39, 0.29) is 16.7 Å². The van der Waals surface area contributed by atoms with E-state index in [0.29, 0.717) is 17.5 Å². The molecule has 8 rings (SSSR count). The number of aryl methyl sites for hydroxylation is 6. The molecule has 15 nitrogen and oxygen atoms in total. The second-order valence-electron chi connectivity index (χ2n) is 17.3. The van der Waals surface area contributed by atoms with Gasteiger partial charge in [0, 0.05) is 107 Å². The van der Waals surface area contributed by atoms with Crippen LogP contribution in [0.1, 0.15) is 98.2 Å². The fraction of sp³-hybridized carbons (Fsp3) is 0.150. The molecule has 3 amide bonds. The van der Waals surface area contributed by atoms with Gasteiger partial charge in [0.2, 0.25) is 0 Å². The van der Waals surface area contributed by atoms with E-state index in [4.69, 9.17) is 0 Å². The summed E-state index contributed by atoms with van der Waals surface area (Å²) >= 11 is 0. The van der Waals surface area contributed by atoms with Crippen LogP contribution < -0.4 is 31.9 Å². The van der Waals surface area contributed by atoms with E-state index in [2.05, 4.69) is 97.3 Å². The van der Waals surface area contributed by atoms with E-state index in [1.807, 2.05) is 135 Å². The first kappa shape index (κ1) is 52.6. The molecule has 0 atom stereocenters. The Labute approximate surface area is 437 Å². The van der Waals surface area contributed by atoms with Gasteiger partial charge >= 0.3 is 0 Å². The highest BCUT2D eigenvalue weighted by molar-refractivity contribution is 6.12.